The lowest BCUT2D eigenvalue weighted by Crippen LogP contribution is -2.19. The van der Waals surface area contributed by atoms with Gasteiger partial charge in [0.25, 0.3) is 0 Å². The van der Waals surface area contributed by atoms with Crippen molar-refractivity contribution in [3.63, 3.8) is 0 Å². The maximum absolute atomic E-state index is 10.3. The minimum atomic E-state index is -0.589. The van der Waals surface area contributed by atoms with E-state index in [1.807, 2.05) is 24.3 Å². The molecule has 0 aliphatic heterocycles. The number of nitrogens with zero attached hydrogens (tertiary/aromatic N) is 1. The molecule has 0 saturated heterocycles. The molecule has 1 aromatic heterocycles. The summed E-state index contributed by atoms with van der Waals surface area (Å²) in [6.45, 7) is 0.403. The predicted molar refractivity (Wildman–Crippen MR) is 73.0 cm³/mol. The van der Waals surface area contributed by atoms with E-state index in [2.05, 4.69) is 20.9 Å². The third-order valence-corrected chi connectivity index (χ3v) is 4.05. The zero-order valence-electron chi connectivity index (χ0n) is 9.08. The van der Waals surface area contributed by atoms with Crippen LogP contribution in [0.4, 0.5) is 0 Å². The van der Waals surface area contributed by atoms with Gasteiger partial charge in [-0.05, 0) is 17.7 Å². The standard InChI is InChI=1S/C12H13BrN2OS/c13-9-3-1-8(2-4-9)10(5-14)12(16)11-6-15-7-17-11/h1-4,6-7,10,12,16H,5,14H2. The molecule has 0 spiro atoms. The summed E-state index contributed by atoms with van der Waals surface area (Å²) in [7, 11) is 0. The third kappa shape index (κ3) is 2.93. The van der Waals surface area contributed by atoms with Crippen LogP contribution in [0.15, 0.2) is 40.4 Å². The van der Waals surface area contributed by atoms with Gasteiger partial charge in [-0.2, -0.15) is 0 Å². The smallest absolute Gasteiger partial charge is 0.0978 e. The first-order chi connectivity index (χ1) is 8.22. The molecule has 2 aromatic rings. The fraction of sp³-hybridized carbons (Fsp3) is 0.250. The summed E-state index contributed by atoms with van der Waals surface area (Å²) >= 11 is 4.84. The first-order valence-corrected chi connectivity index (χ1v) is 6.91. The van der Waals surface area contributed by atoms with Crippen molar-refractivity contribution in [3.8, 4) is 0 Å². The molecule has 17 heavy (non-hydrogen) atoms. The van der Waals surface area contributed by atoms with Gasteiger partial charge in [-0.3, -0.25) is 4.98 Å². The van der Waals surface area contributed by atoms with Crippen LogP contribution in [0, 0.1) is 0 Å². The Labute approximate surface area is 112 Å². The van der Waals surface area contributed by atoms with E-state index < -0.39 is 6.10 Å². The summed E-state index contributed by atoms with van der Waals surface area (Å²) in [5.74, 6) is -0.0939. The molecule has 0 saturated carbocycles. The van der Waals surface area contributed by atoms with Crippen LogP contribution < -0.4 is 5.73 Å². The van der Waals surface area contributed by atoms with E-state index in [0.717, 1.165) is 14.9 Å². The Kier molecular flexibility index (Phi) is 4.28. The Morgan fingerprint density at radius 1 is 1.35 bits per heavy atom. The first kappa shape index (κ1) is 12.7. The molecule has 0 aliphatic rings. The van der Waals surface area contributed by atoms with Gasteiger partial charge in [0.2, 0.25) is 0 Å². The van der Waals surface area contributed by atoms with Crippen molar-refractivity contribution >= 4 is 27.3 Å². The van der Waals surface area contributed by atoms with E-state index in [1.165, 1.54) is 11.3 Å². The third-order valence-electron chi connectivity index (χ3n) is 2.68. The number of thiazole rings is 1. The van der Waals surface area contributed by atoms with Crippen molar-refractivity contribution in [2.45, 2.75) is 12.0 Å². The van der Waals surface area contributed by atoms with Crippen LogP contribution in [0.5, 0.6) is 0 Å². The molecule has 5 heteroatoms. The van der Waals surface area contributed by atoms with Gasteiger partial charge in [-0.25, -0.2) is 0 Å². The molecule has 2 rings (SSSR count). The summed E-state index contributed by atoms with van der Waals surface area (Å²) in [5, 5.41) is 10.3. The van der Waals surface area contributed by atoms with Crippen LogP contribution in [-0.2, 0) is 0 Å². The van der Waals surface area contributed by atoms with Crippen molar-refractivity contribution in [2.75, 3.05) is 6.54 Å². The number of benzene rings is 1. The lowest BCUT2D eigenvalue weighted by atomic mass is 9.93. The number of aromatic nitrogens is 1. The lowest BCUT2D eigenvalue weighted by Gasteiger charge is -2.20. The molecule has 0 bridgehead atoms. The summed E-state index contributed by atoms with van der Waals surface area (Å²) in [6, 6.07) is 7.87. The Morgan fingerprint density at radius 2 is 2.06 bits per heavy atom. The van der Waals surface area contributed by atoms with Crippen molar-refractivity contribution in [3.05, 3.63) is 50.9 Å². The largest absolute Gasteiger partial charge is 0.387 e. The molecule has 0 fully saturated rings. The molecule has 1 heterocycles. The zero-order chi connectivity index (χ0) is 12.3. The molecular weight excluding hydrogens is 300 g/mol. The molecule has 0 amide bonds. The minimum absolute atomic E-state index is 0.0939. The number of halogens is 1. The first-order valence-electron chi connectivity index (χ1n) is 5.24. The van der Waals surface area contributed by atoms with Gasteiger partial charge in [0.15, 0.2) is 0 Å². The van der Waals surface area contributed by atoms with Crippen LogP contribution in [-0.4, -0.2) is 16.6 Å². The highest BCUT2D eigenvalue weighted by Gasteiger charge is 2.22. The predicted octanol–water partition coefficient (Wildman–Crippen LogP) is 2.68. The second-order valence-corrected chi connectivity index (χ2v) is 5.58. The number of nitrogens with two attached hydrogens (primary N) is 1. The van der Waals surface area contributed by atoms with Crippen LogP contribution in [0.1, 0.15) is 22.5 Å². The highest BCUT2D eigenvalue weighted by Crippen LogP contribution is 2.32. The van der Waals surface area contributed by atoms with Crippen LogP contribution >= 0.6 is 27.3 Å². The number of aliphatic hydroxyl groups excluding tert-OH is 1. The fourth-order valence-corrected chi connectivity index (χ4v) is 2.66. The molecule has 1 aromatic carbocycles. The lowest BCUT2D eigenvalue weighted by molar-refractivity contribution is 0.151. The monoisotopic (exact) mass is 312 g/mol. The number of rotatable bonds is 4. The van der Waals surface area contributed by atoms with E-state index in [-0.39, 0.29) is 5.92 Å². The molecule has 3 nitrogen and oxygen atoms in total. The summed E-state index contributed by atoms with van der Waals surface area (Å²) in [4.78, 5) is 4.83. The molecule has 0 radical (unpaired) electrons. The quantitative estimate of drug-likeness (QED) is 0.912. The van der Waals surface area contributed by atoms with Gasteiger partial charge in [0, 0.05) is 23.1 Å². The molecule has 0 aliphatic carbocycles. The SMILES string of the molecule is NCC(c1ccc(Br)cc1)C(O)c1cncs1. The van der Waals surface area contributed by atoms with Crippen molar-refractivity contribution in [2.24, 2.45) is 5.73 Å². The molecular formula is C12H13BrN2OS. The fourth-order valence-electron chi connectivity index (χ4n) is 1.73. The topological polar surface area (TPSA) is 59.1 Å². The van der Waals surface area contributed by atoms with Gasteiger partial charge in [0.05, 0.1) is 16.5 Å². The Bertz CT molecular complexity index is 458. The Balaban J connectivity index is 2.24. The molecule has 2 atom stereocenters. The summed E-state index contributed by atoms with van der Waals surface area (Å²) in [6.07, 6.45) is 1.10. The van der Waals surface area contributed by atoms with Gasteiger partial charge < -0.3 is 10.8 Å². The normalized spacial score (nSPS) is 14.5. The number of hydrogen-bond donors (Lipinski definition) is 2. The molecule has 2 unspecified atom stereocenters. The van der Waals surface area contributed by atoms with Gasteiger partial charge in [-0.15, -0.1) is 11.3 Å². The van der Waals surface area contributed by atoms with E-state index in [4.69, 9.17) is 5.73 Å². The Morgan fingerprint density at radius 3 is 2.59 bits per heavy atom. The average molecular weight is 313 g/mol. The molecule has 90 valence electrons. The second kappa shape index (κ2) is 5.73. The van der Waals surface area contributed by atoms with E-state index in [1.54, 1.807) is 11.7 Å². The van der Waals surface area contributed by atoms with E-state index >= 15 is 0 Å². The average Bonchev–Trinajstić information content (AvgIpc) is 2.86. The van der Waals surface area contributed by atoms with Gasteiger partial charge in [0.1, 0.15) is 0 Å². The number of aliphatic hydroxyl groups is 1. The van der Waals surface area contributed by atoms with Gasteiger partial charge >= 0.3 is 0 Å². The van der Waals surface area contributed by atoms with Crippen molar-refractivity contribution in [1.82, 2.24) is 4.98 Å². The maximum atomic E-state index is 10.3. The van der Waals surface area contributed by atoms with E-state index in [9.17, 15) is 5.11 Å². The minimum Gasteiger partial charge on any atom is -0.387 e. The molecule has 3 N–H and O–H groups in total. The highest BCUT2D eigenvalue weighted by molar-refractivity contribution is 9.10. The van der Waals surface area contributed by atoms with Crippen molar-refractivity contribution in [1.29, 1.82) is 0 Å². The van der Waals surface area contributed by atoms with Crippen molar-refractivity contribution < 1.29 is 5.11 Å². The summed E-state index contributed by atoms with van der Waals surface area (Å²) < 4.78 is 1.02. The number of hydrogen-bond acceptors (Lipinski definition) is 4. The Hall–Kier alpha value is -0.750. The van der Waals surface area contributed by atoms with Crippen LogP contribution in [0.25, 0.3) is 0 Å². The van der Waals surface area contributed by atoms with Gasteiger partial charge in [-0.1, -0.05) is 28.1 Å². The van der Waals surface area contributed by atoms with Crippen LogP contribution in [0.3, 0.4) is 0 Å². The zero-order valence-corrected chi connectivity index (χ0v) is 11.5. The van der Waals surface area contributed by atoms with Crippen LogP contribution in [0.2, 0.25) is 0 Å². The highest BCUT2D eigenvalue weighted by atomic mass is 79.9. The maximum Gasteiger partial charge on any atom is 0.0978 e. The van der Waals surface area contributed by atoms with E-state index in [0.29, 0.717) is 6.54 Å². The second-order valence-electron chi connectivity index (χ2n) is 3.74. The summed E-state index contributed by atoms with van der Waals surface area (Å²) in [5.41, 5.74) is 8.52.